The molecule has 0 fully saturated rings. The number of aromatic nitrogens is 7. The lowest BCUT2D eigenvalue weighted by Crippen LogP contribution is -2.17. The lowest BCUT2D eigenvalue weighted by Gasteiger charge is -2.04. The molecule has 0 aliphatic carbocycles. The lowest BCUT2D eigenvalue weighted by molar-refractivity contribution is 0.101. The molecule has 4 aromatic rings. The number of nitrogens with zero attached hydrogens (tertiary/aromatic N) is 7. The number of hydrogen-bond donors (Lipinski definition) is 1. The molecule has 0 aliphatic heterocycles. The van der Waals surface area contributed by atoms with Crippen molar-refractivity contribution < 1.29 is 4.79 Å². The largest absolute Gasteiger partial charge is 0.296 e. The standard InChI is InChI=1S/C16H12N8OS/c1-10-3-2-4-19-14(10)11-9-26-16(21-11)22-15(25)12-7-20-23-24(12)13-8-17-5-6-18-13/h2-9H,1H3,(H,21,22,25). The van der Waals surface area contributed by atoms with E-state index >= 15 is 0 Å². The second kappa shape index (κ2) is 6.76. The van der Waals surface area contributed by atoms with E-state index in [1.807, 2.05) is 24.4 Å². The molecule has 0 aromatic carbocycles. The molecule has 0 bridgehead atoms. The highest BCUT2D eigenvalue weighted by Crippen LogP contribution is 2.25. The minimum atomic E-state index is -0.390. The number of carbonyl (C=O) groups excluding carboxylic acids is 1. The van der Waals surface area contributed by atoms with Gasteiger partial charge in [-0.3, -0.25) is 20.1 Å². The van der Waals surface area contributed by atoms with Crippen LogP contribution in [0.5, 0.6) is 0 Å². The molecule has 0 unspecified atom stereocenters. The average Bonchev–Trinajstić information content (AvgIpc) is 3.32. The molecule has 4 aromatic heterocycles. The Morgan fingerprint density at radius 3 is 2.92 bits per heavy atom. The number of amides is 1. The highest BCUT2D eigenvalue weighted by Gasteiger charge is 2.17. The molecule has 128 valence electrons. The quantitative estimate of drug-likeness (QED) is 0.590. The van der Waals surface area contributed by atoms with E-state index < -0.39 is 0 Å². The summed E-state index contributed by atoms with van der Waals surface area (Å²) in [5, 5.41) is 12.7. The summed E-state index contributed by atoms with van der Waals surface area (Å²) in [5.74, 6) is 0.0124. The summed E-state index contributed by atoms with van der Waals surface area (Å²) in [7, 11) is 0. The molecule has 0 radical (unpaired) electrons. The number of pyridine rings is 1. The summed E-state index contributed by atoms with van der Waals surface area (Å²) in [6, 6.07) is 3.83. The van der Waals surface area contributed by atoms with Crippen LogP contribution in [0.2, 0.25) is 0 Å². The van der Waals surface area contributed by atoms with E-state index in [2.05, 4.69) is 35.6 Å². The van der Waals surface area contributed by atoms with Gasteiger partial charge in [0.25, 0.3) is 5.91 Å². The van der Waals surface area contributed by atoms with E-state index in [-0.39, 0.29) is 11.6 Å². The van der Waals surface area contributed by atoms with E-state index in [1.165, 1.54) is 40.8 Å². The summed E-state index contributed by atoms with van der Waals surface area (Å²) in [6.45, 7) is 1.96. The van der Waals surface area contributed by atoms with Crippen molar-refractivity contribution in [3.8, 4) is 17.2 Å². The molecule has 4 rings (SSSR count). The minimum absolute atomic E-state index is 0.233. The van der Waals surface area contributed by atoms with Gasteiger partial charge in [0.05, 0.1) is 18.1 Å². The van der Waals surface area contributed by atoms with Gasteiger partial charge in [0.2, 0.25) is 0 Å². The van der Waals surface area contributed by atoms with Crippen LogP contribution in [0.3, 0.4) is 0 Å². The minimum Gasteiger partial charge on any atom is -0.296 e. The molecule has 0 spiro atoms. The molecule has 0 saturated heterocycles. The highest BCUT2D eigenvalue weighted by atomic mass is 32.1. The van der Waals surface area contributed by atoms with Gasteiger partial charge in [0, 0.05) is 24.0 Å². The molecule has 10 heteroatoms. The van der Waals surface area contributed by atoms with Gasteiger partial charge in [-0.25, -0.2) is 9.97 Å². The molecular weight excluding hydrogens is 352 g/mol. The molecule has 1 amide bonds. The average molecular weight is 364 g/mol. The number of hydrogen-bond acceptors (Lipinski definition) is 8. The fourth-order valence-corrected chi connectivity index (χ4v) is 3.00. The third-order valence-electron chi connectivity index (χ3n) is 3.53. The zero-order valence-corrected chi connectivity index (χ0v) is 14.4. The first-order valence-electron chi connectivity index (χ1n) is 7.58. The van der Waals surface area contributed by atoms with Crippen LogP contribution >= 0.6 is 11.3 Å². The van der Waals surface area contributed by atoms with Crippen LogP contribution in [0.1, 0.15) is 16.1 Å². The Balaban J connectivity index is 1.57. The van der Waals surface area contributed by atoms with Gasteiger partial charge in [-0.05, 0) is 18.6 Å². The zero-order valence-electron chi connectivity index (χ0n) is 13.6. The first kappa shape index (κ1) is 16.0. The van der Waals surface area contributed by atoms with Crippen molar-refractivity contribution in [3.05, 3.63) is 59.8 Å². The molecule has 9 nitrogen and oxygen atoms in total. The van der Waals surface area contributed by atoms with E-state index in [4.69, 9.17) is 0 Å². The summed E-state index contributed by atoms with van der Waals surface area (Å²) >= 11 is 1.32. The fraction of sp³-hybridized carbons (Fsp3) is 0.0625. The number of aryl methyl sites for hydroxylation is 1. The first-order valence-corrected chi connectivity index (χ1v) is 8.46. The molecule has 4 heterocycles. The Kier molecular flexibility index (Phi) is 4.15. The molecule has 0 atom stereocenters. The summed E-state index contributed by atoms with van der Waals surface area (Å²) in [6.07, 6.45) is 7.63. The van der Waals surface area contributed by atoms with E-state index in [1.54, 1.807) is 6.20 Å². The van der Waals surface area contributed by atoms with Crippen LogP contribution in [-0.4, -0.2) is 40.8 Å². The Bertz CT molecular complexity index is 1060. The van der Waals surface area contributed by atoms with Crippen molar-refractivity contribution in [2.45, 2.75) is 6.92 Å². The second-order valence-electron chi connectivity index (χ2n) is 5.26. The molecule has 26 heavy (non-hydrogen) atoms. The topological polar surface area (TPSA) is 111 Å². The predicted molar refractivity (Wildman–Crippen MR) is 95.0 cm³/mol. The van der Waals surface area contributed by atoms with Crippen molar-refractivity contribution in [3.63, 3.8) is 0 Å². The zero-order chi connectivity index (χ0) is 17.9. The SMILES string of the molecule is Cc1cccnc1-c1csc(NC(=O)c2cnnn2-c2cnccn2)n1. The maximum Gasteiger partial charge on any atom is 0.277 e. The van der Waals surface area contributed by atoms with Gasteiger partial charge < -0.3 is 0 Å². The van der Waals surface area contributed by atoms with Gasteiger partial charge in [0.15, 0.2) is 16.6 Å². The maximum atomic E-state index is 12.6. The monoisotopic (exact) mass is 364 g/mol. The Morgan fingerprint density at radius 1 is 1.19 bits per heavy atom. The van der Waals surface area contributed by atoms with Gasteiger partial charge in [-0.1, -0.05) is 11.3 Å². The number of nitrogens with one attached hydrogen (secondary N) is 1. The van der Waals surface area contributed by atoms with Crippen molar-refractivity contribution in [2.24, 2.45) is 0 Å². The Morgan fingerprint density at radius 2 is 2.12 bits per heavy atom. The second-order valence-corrected chi connectivity index (χ2v) is 6.11. The summed E-state index contributed by atoms with van der Waals surface area (Å²) in [4.78, 5) is 29.4. The Hall–Kier alpha value is -3.53. The number of rotatable bonds is 4. The van der Waals surface area contributed by atoms with Gasteiger partial charge in [-0.15, -0.1) is 16.4 Å². The number of anilines is 1. The molecule has 0 aliphatic rings. The van der Waals surface area contributed by atoms with Crippen LogP contribution in [-0.2, 0) is 0 Å². The normalized spacial score (nSPS) is 10.7. The lowest BCUT2D eigenvalue weighted by atomic mass is 10.2. The van der Waals surface area contributed by atoms with Gasteiger partial charge >= 0.3 is 0 Å². The van der Waals surface area contributed by atoms with Crippen LogP contribution in [0.15, 0.2) is 48.5 Å². The van der Waals surface area contributed by atoms with Crippen LogP contribution < -0.4 is 5.32 Å². The van der Waals surface area contributed by atoms with E-state index in [9.17, 15) is 4.79 Å². The molecular formula is C16H12N8OS. The fourth-order valence-electron chi connectivity index (χ4n) is 2.31. The molecule has 1 N–H and O–H groups in total. The van der Waals surface area contributed by atoms with Crippen LogP contribution in [0.25, 0.3) is 17.2 Å². The van der Waals surface area contributed by atoms with Crippen LogP contribution in [0.4, 0.5) is 5.13 Å². The van der Waals surface area contributed by atoms with Crippen molar-refractivity contribution >= 4 is 22.4 Å². The number of carbonyl (C=O) groups is 1. The smallest absolute Gasteiger partial charge is 0.277 e. The molecule has 0 saturated carbocycles. The number of thiazole rings is 1. The maximum absolute atomic E-state index is 12.6. The highest BCUT2D eigenvalue weighted by molar-refractivity contribution is 7.14. The van der Waals surface area contributed by atoms with Crippen molar-refractivity contribution in [1.82, 2.24) is 34.9 Å². The summed E-state index contributed by atoms with van der Waals surface area (Å²) < 4.78 is 1.32. The van der Waals surface area contributed by atoms with Crippen molar-refractivity contribution in [2.75, 3.05) is 5.32 Å². The van der Waals surface area contributed by atoms with Crippen LogP contribution in [0, 0.1) is 6.92 Å². The van der Waals surface area contributed by atoms with E-state index in [0.717, 1.165) is 11.3 Å². The van der Waals surface area contributed by atoms with E-state index in [0.29, 0.717) is 16.6 Å². The Labute approximate surface area is 151 Å². The third kappa shape index (κ3) is 3.05. The first-order chi connectivity index (χ1) is 12.7. The summed E-state index contributed by atoms with van der Waals surface area (Å²) in [5.41, 5.74) is 2.75. The third-order valence-corrected chi connectivity index (χ3v) is 4.28. The predicted octanol–water partition coefficient (Wildman–Crippen LogP) is 2.14. The van der Waals surface area contributed by atoms with Crippen molar-refractivity contribution in [1.29, 1.82) is 0 Å². The van der Waals surface area contributed by atoms with Gasteiger partial charge in [0.1, 0.15) is 5.69 Å². The van der Waals surface area contributed by atoms with Gasteiger partial charge in [-0.2, -0.15) is 4.68 Å².